The Hall–Kier alpha value is -4.11. The van der Waals surface area contributed by atoms with E-state index < -0.39 is 0 Å². The summed E-state index contributed by atoms with van der Waals surface area (Å²) >= 11 is 1.53. The van der Waals surface area contributed by atoms with Gasteiger partial charge in [-0.05, 0) is 42.5 Å². The van der Waals surface area contributed by atoms with Crippen LogP contribution in [0.25, 0.3) is 38.6 Å². The van der Waals surface area contributed by atoms with Crippen molar-refractivity contribution in [1.29, 1.82) is 0 Å². The lowest BCUT2D eigenvalue weighted by Gasteiger charge is -2.07. The molecule has 0 unspecified atom stereocenters. The molecule has 156 valence electrons. The Bertz CT molecular complexity index is 1520. The lowest BCUT2D eigenvalue weighted by molar-refractivity contribution is 0.628. The second-order valence-corrected chi connectivity index (χ2v) is 8.06. The highest BCUT2D eigenvalue weighted by Gasteiger charge is 2.18. The molecule has 0 atom stereocenters. The Morgan fingerprint density at radius 1 is 1.00 bits per heavy atom. The molecule has 0 fully saturated rings. The number of aromatic nitrogens is 6. The molecule has 32 heavy (non-hydrogen) atoms. The van der Waals surface area contributed by atoms with Gasteiger partial charge in [0.05, 0.1) is 29.0 Å². The van der Waals surface area contributed by atoms with E-state index in [9.17, 15) is 4.39 Å². The van der Waals surface area contributed by atoms with E-state index in [1.54, 1.807) is 18.3 Å². The van der Waals surface area contributed by atoms with Crippen molar-refractivity contribution in [2.75, 3.05) is 5.32 Å². The minimum absolute atomic E-state index is 0.282. The SMILES string of the molecule is Fc1ccc(-c2nc3sccn3c2-c2ccnc(NCc3nc4ccccc4[nH]3)n2)cc1. The summed E-state index contributed by atoms with van der Waals surface area (Å²) in [5.74, 6) is 1.01. The fraction of sp³-hybridized carbons (Fsp3) is 0.0435. The summed E-state index contributed by atoms with van der Waals surface area (Å²) in [6, 6.07) is 16.1. The molecule has 4 heterocycles. The summed E-state index contributed by atoms with van der Waals surface area (Å²) in [5, 5.41) is 5.21. The van der Waals surface area contributed by atoms with Gasteiger partial charge in [-0.15, -0.1) is 11.3 Å². The minimum Gasteiger partial charge on any atom is -0.347 e. The molecule has 0 bridgehead atoms. The van der Waals surface area contributed by atoms with Crippen LogP contribution in [0.15, 0.2) is 72.4 Å². The third-order valence-corrected chi connectivity index (χ3v) is 5.89. The topological polar surface area (TPSA) is 83.8 Å². The van der Waals surface area contributed by atoms with Gasteiger partial charge in [-0.25, -0.2) is 24.3 Å². The van der Waals surface area contributed by atoms with Crippen LogP contribution in [-0.4, -0.2) is 29.3 Å². The Morgan fingerprint density at radius 2 is 1.88 bits per heavy atom. The van der Waals surface area contributed by atoms with Crippen LogP contribution in [-0.2, 0) is 6.54 Å². The van der Waals surface area contributed by atoms with Crippen molar-refractivity contribution in [3.05, 3.63) is 84.0 Å². The predicted octanol–water partition coefficient (Wildman–Crippen LogP) is 5.15. The first-order chi connectivity index (χ1) is 15.7. The molecule has 9 heteroatoms. The number of hydrogen-bond donors (Lipinski definition) is 2. The molecule has 0 amide bonds. The predicted molar refractivity (Wildman–Crippen MR) is 123 cm³/mol. The maximum Gasteiger partial charge on any atom is 0.223 e. The van der Waals surface area contributed by atoms with E-state index in [4.69, 9.17) is 9.97 Å². The van der Waals surface area contributed by atoms with Crippen molar-refractivity contribution >= 4 is 33.3 Å². The van der Waals surface area contributed by atoms with Crippen LogP contribution in [0.1, 0.15) is 5.82 Å². The first kappa shape index (κ1) is 18.6. The van der Waals surface area contributed by atoms with Gasteiger partial charge in [0.15, 0.2) is 4.96 Å². The standard InChI is InChI=1S/C23H16FN7S/c24-15-7-5-14(6-8-15)20-21(31-11-12-32-23(31)30-20)18-9-10-25-22(29-18)26-13-19-27-16-3-1-2-4-17(16)28-19/h1-12H,13H2,(H,27,28)(H,25,26,29). The lowest BCUT2D eigenvalue weighted by Crippen LogP contribution is -2.05. The zero-order valence-electron chi connectivity index (χ0n) is 16.7. The Balaban J connectivity index is 1.35. The zero-order chi connectivity index (χ0) is 21.5. The van der Waals surface area contributed by atoms with Gasteiger partial charge in [-0.1, -0.05) is 12.1 Å². The fourth-order valence-corrected chi connectivity index (χ4v) is 4.38. The quantitative estimate of drug-likeness (QED) is 0.387. The molecule has 2 N–H and O–H groups in total. The van der Waals surface area contributed by atoms with Crippen LogP contribution < -0.4 is 5.32 Å². The van der Waals surface area contributed by atoms with Crippen LogP contribution in [0.3, 0.4) is 0 Å². The van der Waals surface area contributed by atoms with Gasteiger partial charge in [0, 0.05) is 23.3 Å². The monoisotopic (exact) mass is 441 g/mol. The van der Waals surface area contributed by atoms with Crippen molar-refractivity contribution in [1.82, 2.24) is 29.3 Å². The number of halogens is 1. The van der Waals surface area contributed by atoms with Crippen LogP contribution in [0.2, 0.25) is 0 Å². The van der Waals surface area contributed by atoms with Crippen LogP contribution in [0.4, 0.5) is 10.3 Å². The largest absolute Gasteiger partial charge is 0.347 e. The number of thiazole rings is 1. The number of fused-ring (bicyclic) bond motifs is 2. The highest BCUT2D eigenvalue weighted by Crippen LogP contribution is 2.33. The normalized spacial score (nSPS) is 11.4. The smallest absolute Gasteiger partial charge is 0.223 e. The summed E-state index contributed by atoms with van der Waals surface area (Å²) in [7, 11) is 0. The molecule has 0 aliphatic heterocycles. The first-order valence-corrected chi connectivity index (χ1v) is 10.8. The van der Waals surface area contributed by atoms with E-state index in [-0.39, 0.29) is 5.82 Å². The third kappa shape index (κ3) is 3.28. The Labute approximate surface area is 185 Å². The number of aromatic amines is 1. The molecule has 0 radical (unpaired) electrons. The Morgan fingerprint density at radius 3 is 2.75 bits per heavy atom. The summed E-state index contributed by atoms with van der Waals surface area (Å²) in [4.78, 5) is 22.6. The fourth-order valence-electron chi connectivity index (χ4n) is 3.67. The summed E-state index contributed by atoms with van der Waals surface area (Å²) in [6.07, 6.45) is 3.67. The number of hydrogen-bond acceptors (Lipinski definition) is 6. The number of rotatable bonds is 5. The number of benzene rings is 2. The van der Waals surface area contributed by atoms with Gasteiger partial charge in [-0.2, -0.15) is 0 Å². The third-order valence-electron chi connectivity index (χ3n) is 5.13. The molecule has 6 rings (SSSR count). The summed E-state index contributed by atoms with van der Waals surface area (Å²) < 4.78 is 15.5. The number of para-hydroxylation sites is 2. The molecule has 0 saturated carbocycles. The minimum atomic E-state index is -0.282. The molecule has 0 aliphatic rings. The molecule has 0 saturated heterocycles. The van der Waals surface area contributed by atoms with Gasteiger partial charge in [0.1, 0.15) is 17.3 Å². The van der Waals surface area contributed by atoms with E-state index in [1.165, 1.54) is 23.5 Å². The molecule has 4 aromatic heterocycles. The summed E-state index contributed by atoms with van der Waals surface area (Å²) in [5.41, 5.74) is 5.04. The number of anilines is 1. The maximum absolute atomic E-state index is 13.5. The number of H-pyrrole nitrogens is 1. The van der Waals surface area contributed by atoms with E-state index in [1.807, 2.05) is 46.3 Å². The molecule has 0 spiro atoms. The number of imidazole rings is 2. The van der Waals surface area contributed by atoms with Gasteiger partial charge in [0.2, 0.25) is 5.95 Å². The van der Waals surface area contributed by atoms with Crippen LogP contribution in [0, 0.1) is 5.82 Å². The highest BCUT2D eigenvalue weighted by atomic mass is 32.1. The van der Waals surface area contributed by atoms with Gasteiger partial charge in [-0.3, -0.25) is 4.40 Å². The maximum atomic E-state index is 13.5. The van der Waals surface area contributed by atoms with Gasteiger partial charge < -0.3 is 10.3 Å². The molecule has 6 aromatic rings. The van der Waals surface area contributed by atoms with Crippen molar-refractivity contribution in [2.45, 2.75) is 6.54 Å². The summed E-state index contributed by atoms with van der Waals surface area (Å²) in [6.45, 7) is 0.462. The number of nitrogens with zero attached hydrogens (tertiary/aromatic N) is 5. The van der Waals surface area contributed by atoms with E-state index >= 15 is 0 Å². The van der Waals surface area contributed by atoms with Crippen LogP contribution in [0.5, 0.6) is 0 Å². The second kappa shape index (κ2) is 7.54. The molecular formula is C23H16FN7S. The molecular weight excluding hydrogens is 425 g/mol. The van der Waals surface area contributed by atoms with E-state index in [2.05, 4.69) is 20.3 Å². The zero-order valence-corrected chi connectivity index (χ0v) is 17.5. The van der Waals surface area contributed by atoms with Gasteiger partial charge in [0.25, 0.3) is 0 Å². The molecule has 7 nitrogen and oxygen atoms in total. The molecule has 2 aromatic carbocycles. The van der Waals surface area contributed by atoms with Crippen LogP contribution >= 0.6 is 11.3 Å². The van der Waals surface area contributed by atoms with E-state index in [0.717, 1.165) is 44.5 Å². The van der Waals surface area contributed by atoms with E-state index in [0.29, 0.717) is 12.5 Å². The highest BCUT2D eigenvalue weighted by molar-refractivity contribution is 7.15. The van der Waals surface area contributed by atoms with Crippen molar-refractivity contribution in [2.24, 2.45) is 0 Å². The van der Waals surface area contributed by atoms with Crippen molar-refractivity contribution < 1.29 is 4.39 Å². The second-order valence-electron chi connectivity index (χ2n) is 7.19. The number of nitrogens with one attached hydrogen (secondary N) is 2. The Kier molecular flexibility index (Phi) is 4.39. The average Bonchev–Trinajstić information content (AvgIpc) is 3.52. The van der Waals surface area contributed by atoms with Crippen molar-refractivity contribution in [3.63, 3.8) is 0 Å². The van der Waals surface area contributed by atoms with Gasteiger partial charge >= 0.3 is 0 Å². The average molecular weight is 441 g/mol. The lowest BCUT2D eigenvalue weighted by atomic mass is 10.1. The molecule has 0 aliphatic carbocycles. The van der Waals surface area contributed by atoms with Crippen molar-refractivity contribution in [3.8, 4) is 22.6 Å². The first-order valence-electron chi connectivity index (χ1n) is 9.97.